The lowest BCUT2D eigenvalue weighted by atomic mass is 10.2. The number of anilines is 3. The number of carbonyl (C=O) groups is 1. The highest BCUT2D eigenvalue weighted by Gasteiger charge is 2.15. The van der Waals surface area contributed by atoms with Crippen molar-refractivity contribution < 1.29 is 19.0 Å². The van der Waals surface area contributed by atoms with Gasteiger partial charge in [0.05, 0.1) is 27.0 Å². The van der Waals surface area contributed by atoms with Crippen molar-refractivity contribution in [2.75, 3.05) is 50.0 Å². The number of ether oxygens (including phenoxy) is 3. The first-order valence-electron chi connectivity index (χ1n) is 8.87. The molecule has 3 rings (SSSR count). The Hall–Kier alpha value is -3.09. The van der Waals surface area contributed by atoms with Gasteiger partial charge >= 0.3 is 6.03 Å². The summed E-state index contributed by atoms with van der Waals surface area (Å²) in [6.07, 6.45) is 2.47. The van der Waals surface area contributed by atoms with Gasteiger partial charge in [0.25, 0.3) is 0 Å². The van der Waals surface area contributed by atoms with Crippen LogP contribution in [-0.4, -0.2) is 40.5 Å². The molecule has 1 fully saturated rings. The van der Waals surface area contributed by atoms with Gasteiger partial charge in [-0.25, -0.2) is 4.79 Å². The minimum Gasteiger partial charge on any atom is -0.493 e. The summed E-state index contributed by atoms with van der Waals surface area (Å²) in [4.78, 5) is 14.7. The van der Waals surface area contributed by atoms with Crippen molar-refractivity contribution in [3.8, 4) is 17.2 Å². The molecule has 1 heterocycles. The normalized spacial score (nSPS) is 13.2. The lowest BCUT2D eigenvalue weighted by molar-refractivity contribution is 0.262. The summed E-state index contributed by atoms with van der Waals surface area (Å²) < 4.78 is 15.9. The van der Waals surface area contributed by atoms with Gasteiger partial charge < -0.3 is 29.7 Å². The summed E-state index contributed by atoms with van der Waals surface area (Å²) in [5.41, 5.74) is 2.45. The third-order valence-corrected chi connectivity index (χ3v) is 4.52. The van der Waals surface area contributed by atoms with E-state index in [1.54, 1.807) is 12.1 Å². The smallest absolute Gasteiger partial charge is 0.323 e. The predicted octanol–water partition coefficient (Wildman–Crippen LogP) is 3.96. The second-order valence-corrected chi connectivity index (χ2v) is 6.23. The third-order valence-electron chi connectivity index (χ3n) is 4.52. The Morgan fingerprint density at radius 2 is 1.41 bits per heavy atom. The first-order valence-corrected chi connectivity index (χ1v) is 8.87. The molecule has 0 atom stereocenters. The maximum atomic E-state index is 12.3. The minimum absolute atomic E-state index is 0.349. The number of methoxy groups -OCH3 is 3. The van der Waals surface area contributed by atoms with Crippen LogP contribution in [0.3, 0.4) is 0 Å². The van der Waals surface area contributed by atoms with E-state index < -0.39 is 0 Å². The van der Waals surface area contributed by atoms with Crippen LogP contribution in [0.2, 0.25) is 0 Å². The second kappa shape index (κ2) is 8.53. The van der Waals surface area contributed by atoms with Crippen molar-refractivity contribution in [3.63, 3.8) is 0 Å². The average molecular weight is 371 g/mol. The Labute approximate surface area is 159 Å². The first-order chi connectivity index (χ1) is 13.1. The van der Waals surface area contributed by atoms with Gasteiger partial charge in [0.15, 0.2) is 11.5 Å². The zero-order chi connectivity index (χ0) is 19.2. The largest absolute Gasteiger partial charge is 0.493 e. The van der Waals surface area contributed by atoms with Crippen LogP contribution < -0.4 is 29.7 Å². The van der Waals surface area contributed by atoms with Gasteiger partial charge in [-0.3, -0.25) is 0 Å². The summed E-state index contributed by atoms with van der Waals surface area (Å²) >= 11 is 0. The molecule has 1 saturated heterocycles. The standard InChI is InChI=1S/C20H25N3O4/c1-25-17-12-15(13-18(26-2)19(17)27-3)22-20(24)21-14-6-8-16(9-7-14)23-10-4-5-11-23/h6-9,12-13H,4-5,10-11H2,1-3H3,(H2,21,22,24). The van der Waals surface area contributed by atoms with Crippen LogP contribution in [0.15, 0.2) is 36.4 Å². The van der Waals surface area contributed by atoms with Gasteiger partial charge in [-0.2, -0.15) is 0 Å². The molecule has 0 unspecified atom stereocenters. The Morgan fingerprint density at radius 3 is 1.93 bits per heavy atom. The van der Waals surface area contributed by atoms with Crippen LogP contribution in [0, 0.1) is 0 Å². The molecule has 2 aromatic carbocycles. The van der Waals surface area contributed by atoms with Crippen LogP contribution in [0.5, 0.6) is 17.2 Å². The molecule has 2 amide bonds. The maximum absolute atomic E-state index is 12.3. The van der Waals surface area contributed by atoms with Crippen LogP contribution in [0.4, 0.5) is 21.9 Å². The van der Waals surface area contributed by atoms with E-state index in [1.807, 2.05) is 24.3 Å². The molecular formula is C20H25N3O4. The number of nitrogens with one attached hydrogen (secondary N) is 2. The summed E-state index contributed by atoms with van der Waals surface area (Å²) in [5.74, 6) is 1.42. The van der Waals surface area contributed by atoms with E-state index in [0.717, 1.165) is 18.8 Å². The van der Waals surface area contributed by atoms with Crippen LogP contribution in [0.1, 0.15) is 12.8 Å². The van der Waals surface area contributed by atoms with E-state index >= 15 is 0 Å². The lowest BCUT2D eigenvalue weighted by Crippen LogP contribution is -2.20. The number of hydrogen-bond acceptors (Lipinski definition) is 5. The zero-order valence-electron chi connectivity index (χ0n) is 15.9. The number of carbonyl (C=O) groups excluding carboxylic acids is 1. The van der Waals surface area contributed by atoms with E-state index in [4.69, 9.17) is 14.2 Å². The third kappa shape index (κ3) is 4.36. The molecule has 2 N–H and O–H groups in total. The fraction of sp³-hybridized carbons (Fsp3) is 0.350. The van der Waals surface area contributed by atoms with Gasteiger partial charge in [-0.05, 0) is 37.1 Å². The minimum atomic E-state index is -0.349. The number of rotatable bonds is 6. The maximum Gasteiger partial charge on any atom is 0.323 e. The van der Waals surface area contributed by atoms with Gasteiger partial charge in [0.2, 0.25) is 5.75 Å². The van der Waals surface area contributed by atoms with Crippen LogP contribution >= 0.6 is 0 Å². The SMILES string of the molecule is COc1cc(NC(=O)Nc2ccc(N3CCCC3)cc2)cc(OC)c1OC. The van der Waals surface area contributed by atoms with Crippen molar-refractivity contribution in [2.24, 2.45) is 0 Å². The molecule has 1 aliphatic rings. The summed E-state index contributed by atoms with van der Waals surface area (Å²) in [5, 5.41) is 5.62. The quantitative estimate of drug-likeness (QED) is 0.804. The monoisotopic (exact) mass is 371 g/mol. The van der Waals surface area contributed by atoms with E-state index in [-0.39, 0.29) is 6.03 Å². The molecule has 0 aromatic heterocycles. The molecule has 7 nitrogen and oxygen atoms in total. The van der Waals surface area contributed by atoms with E-state index in [2.05, 4.69) is 15.5 Å². The molecule has 2 aromatic rings. The molecule has 0 radical (unpaired) electrons. The number of hydrogen-bond donors (Lipinski definition) is 2. The number of urea groups is 1. The summed E-state index contributed by atoms with van der Waals surface area (Å²) in [6.45, 7) is 2.18. The Balaban J connectivity index is 1.66. The molecule has 0 spiro atoms. The molecule has 0 aliphatic carbocycles. The van der Waals surface area contributed by atoms with Crippen molar-refractivity contribution in [1.29, 1.82) is 0 Å². The highest BCUT2D eigenvalue weighted by molar-refractivity contribution is 6.00. The number of amides is 2. The van der Waals surface area contributed by atoms with Gasteiger partial charge in [0, 0.05) is 36.6 Å². The molecule has 27 heavy (non-hydrogen) atoms. The van der Waals surface area contributed by atoms with Gasteiger partial charge in [-0.15, -0.1) is 0 Å². The van der Waals surface area contributed by atoms with E-state index in [1.165, 1.54) is 39.9 Å². The van der Waals surface area contributed by atoms with Crippen molar-refractivity contribution in [2.45, 2.75) is 12.8 Å². The Morgan fingerprint density at radius 1 is 0.852 bits per heavy atom. The molecular weight excluding hydrogens is 346 g/mol. The topological polar surface area (TPSA) is 72.1 Å². The highest BCUT2D eigenvalue weighted by Crippen LogP contribution is 2.39. The summed E-state index contributed by atoms with van der Waals surface area (Å²) in [7, 11) is 4.60. The molecule has 144 valence electrons. The predicted molar refractivity (Wildman–Crippen MR) is 107 cm³/mol. The van der Waals surface area contributed by atoms with Crippen molar-refractivity contribution in [1.82, 2.24) is 0 Å². The second-order valence-electron chi connectivity index (χ2n) is 6.23. The van der Waals surface area contributed by atoms with E-state index in [0.29, 0.717) is 22.9 Å². The Bertz CT molecular complexity index is 761. The lowest BCUT2D eigenvalue weighted by Gasteiger charge is -2.18. The fourth-order valence-corrected chi connectivity index (χ4v) is 3.18. The molecule has 1 aliphatic heterocycles. The van der Waals surface area contributed by atoms with Crippen LogP contribution in [-0.2, 0) is 0 Å². The first kappa shape index (κ1) is 18.7. The Kier molecular flexibility index (Phi) is 5.90. The van der Waals surface area contributed by atoms with Crippen molar-refractivity contribution in [3.05, 3.63) is 36.4 Å². The fourth-order valence-electron chi connectivity index (χ4n) is 3.18. The zero-order valence-corrected chi connectivity index (χ0v) is 15.9. The molecule has 7 heteroatoms. The van der Waals surface area contributed by atoms with Crippen LogP contribution in [0.25, 0.3) is 0 Å². The molecule has 0 saturated carbocycles. The van der Waals surface area contributed by atoms with Gasteiger partial charge in [-0.1, -0.05) is 0 Å². The highest BCUT2D eigenvalue weighted by atomic mass is 16.5. The van der Waals surface area contributed by atoms with E-state index in [9.17, 15) is 4.79 Å². The molecule has 0 bridgehead atoms. The summed E-state index contributed by atoms with van der Waals surface area (Å²) in [6, 6.07) is 10.9. The number of benzene rings is 2. The van der Waals surface area contributed by atoms with Gasteiger partial charge in [0.1, 0.15) is 0 Å². The average Bonchev–Trinajstić information content (AvgIpc) is 3.22. The van der Waals surface area contributed by atoms with Crippen molar-refractivity contribution >= 4 is 23.1 Å². The number of nitrogens with zero attached hydrogens (tertiary/aromatic N) is 1.